The van der Waals surface area contributed by atoms with Gasteiger partial charge in [-0.05, 0) is 61.4 Å². The van der Waals surface area contributed by atoms with Crippen LogP contribution in [0.5, 0.6) is 11.5 Å². The van der Waals surface area contributed by atoms with E-state index < -0.39 is 0 Å². The topological polar surface area (TPSA) is 71.3 Å². The number of halogens is 1. The van der Waals surface area contributed by atoms with Gasteiger partial charge in [0.2, 0.25) is 0 Å². The number of aryl methyl sites for hydroxylation is 2. The molecule has 0 aliphatic carbocycles. The van der Waals surface area contributed by atoms with E-state index in [4.69, 9.17) is 21.1 Å². The Morgan fingerprint density at radius 1 is 0.939 bits per heavy atom. The normalized spacial score (nSPS) is 10.7. The molecule has 1 heterocycles. The van der Waals surface area contributed by atoms with Crippen molar-refractivity contribution in [2.75, 3.05) is 26.2 Å². The number of aromatic nitrogens is 2. The molecule has 0 N–H and O–H groups in total. The molecule has 0 amide bonds. The maximum Gasteiger partial charge on any atom is 0.163 e. The van der Waals surface area contributed by atoms with Gasteiger partial charge in [0.1, 0.15) is 11.5 Å². The van der Waals surface area contributed by atoms with Crippen LogP contribution in [0.3, 0.4) is 0 Å². The molecule has 0 radical (unpaired) electrons. The van der Waals surface area contributed by atoms with Crippen molar-refractivity contribution in [3.8, 4) is 28.7 Å². The largest absolute Gasteiger partial charge is 0.497 e. The highest BCUT2D eigenvalue weighted by Gasteiger charge is 2.18. The van der Waals surface area contributed by atoms with Crippen molar-refractivity contribution in [2.24, 2.45) is 0 Å². The van der Waals surface area contributed by atoms with Crippen molar-refractivity contribution in [1.29, 1.82) is 5.26 Å². The molecule has 0 saturated heterocycles. The minimum absolute atomic E-state index is 0.580. The van der Waals surface area contributed by atoms with Crippen molar-refractivity contribution < 1.29 is 9.47 Å². The monoisotopic (exact) mass is 458 g/mol. The van der Waals surface area contributed by atoms with Gasteiger partial charge in [-0.1, -0.05) is 17.7 Å². The fourth-order valence-corrected chi connectivity index (χ4v) is 4.04. The molecule has 0 unspecified atom stereocenters. The van der Waals surface area contributed by atoms with Crippen molar-refractivity contribution in [1.82, 2.24) is 10.2 Å². The van der Waals surface area contributed by atoms with Gasteiger partial charge in [-0.25, -0.2) is 0 Å². The van der Waals surface area contributed by atoms with Crippen molar-refractivity contribution >= 4 is 33.9 Å². The van der Waals surface area contributed by atoms with Gasteiger partial charge >= 0.3 is 0 Å². The third kappa shape index (κ3) is 4.04. The van der Waals surface area contributed by atoms with E-state index in [1.54, 1.807) is 14.2 Å². The molecule has 4 rings (SSSR count). The molecule has 166 valence electrons. The van der Waals surface area contributed by atoms with Crippen LogP contribution in [0.1, 0.15) is 16.8 Å². The molecule has 0 atom stereocenters. The summed E-state index contributed by atoms with van der Waals surface area (Å²) in [6.07, 6.45) is 0. The van der Waals surface area contributed by atoms with E-state index in [1.165, 1.54) is 0 Å². The quantitative estimate of drug-likeness (QED) is 0.353. The summed E-state index contributed by atoms with van der Waals surface area (Å²) in [6.45, 7) is 3.81. The van der Waals surface area contributed by atoms with Gasteiger partial charge in [-0.15, -0.1) is 5.10 Å². The predicted molar refractivity (Wildman–Crippen MR) is 132 cm³/mol. The van der Waals surface area contributed by atoms with Gasteiger partial charge in [0.15, 0.2) is 5.82 Å². The number of benzene rings is 3. The molecular formula is C26H23ClN4O2. The molecule has 3 aromatic carbocycles. The maximum absolute atomic E-state index is 9.65. The zero-order valence-electron chi connectivity index (χ0n) is 19.1. The summed E-state index contributed by atoms with van der Waals surface area (Å²) in [5.41, 5.74) is 4.76. The summed E-state index contributed by atoms with van der Waals surface area (Å²) in [6, 6.07) is 17.6. The van der Waals surface area contributed by atoms with E-state index in [0.29, 0.717) is 27.9 Å². The lowest BCUT2D eigenvalue weighted by Gasteiger charge is -2.22. The Hall–Kier alpha value is -3.82. The van der Waals surface area contributed by atoms with Gasteiger partial charge in [0.05, 0.1) is 37.2 Å². The van der Waals surface area contributed by atoms with E-state index in [-0.39, 0.29) is 0 Å². The number of ether oxygens (including phenoxy) is 2. The number of hydrogen-bond acceptors (Lipinski definition) is 6. The third-order valence-electron chi connectivity index (χ3n) is 5.74. The lowest BCUT2D eigenvalue weighted by molar-refractivity contribution is 0.395. The second-order valence-corrected chi connectivity index (χ2v) is 8.13. The van der Waals surface area contributed by atoms with Crippen LogP contribution < -0.4 is 14.4 Å². The first-order chi connectivity index (χ1) is 15.9. The van der Waals surface area contributed by atoms with Crippen LogP contribution in [0, 0.1) is 25.2 Å². The van der Waals surface area contributed by atoms with Crippen LogP contribution in [0.4, 0.5) is 11.5 Å². The zero-order chi connectivity index (χ0) is 23.7. The highest BCUT2D eigenvalue weighted by molar-refractivity contribution is 6.31. The molecule has 4 aromatic rings. The SMILES string of the molecule is COc1ccc(N(C)c2nnc(C)c3cc(-c4cc(Cl)c(C)cc4C#N)ccc23)c(OC)c1. The summed E-state index contributed by atoms with van der Waals surface area (Å²) < 4.78 is 10.9. The molecule has 1 aromatic heterocycles. The van der Waals surface area contributed by atoms with E-state index >= 15 is 0 Å². The Balaban J connectivity index is 1.87. The first-order valence-corrected chi connectivity index (χ1v) is 10.7. The predicted octanol–water partition coefficient (Wildman–Crippen LogP) is 6.22. The van der Waals surface area contributed by atoms with Crippen molar-refractivity contribution in [2.45, 2.75) is 13.8 Å². The van der Waals surface area contributed by atoms with Crippen LogP contribution in [0.25, 0.3) is 21.9 Å². The molecule has 7 heteroatoms. The Kier molecular flexibility index (Phi) is 6.08. The van der Waals surface area contributed by atoms with Crippen molar-refractivity contribution in [3.05, 3.63) is 70.4 Å². The number of rotatable bonds is 5. The minimum atomic E-state index is 0.580. The average molecular weight is 459 g/mol. The highest BCUT2D eigenvalue weighted by atomic mass is 35.5. The number of anilines is 2. The summed E-state index contributed by atoms with van der Waals surface area (Å²) >= 11 is 6.37. The molecule has 33 heavy (non-hydrogen) atoms. The smallest absolute Gasteiger partial charge is 0.163 e. The lowest BCUT2D eigenvalue weighted by Crippen LogP contribution is -2.14. The number of hydrogen-bond donors (Lipinski definition) is 0. The Bertz CT molecular complexity index is 1410. The van der Waals surface area contributed by atoms with E-state index in [2.05, 4.69) is 16.3 Å². The molecule has 0 aliphatic rings. The Labute approximate surface area is 198 Å². The first kappa shape index (κ1) is 22.4. The fourth-order valence-electron chi connectivity index (χ4n) is 3.87. The van der Waals surface area contributed by atoms with Gasteiger partial charge in [0.25, 0.3) is 0 Å². The Morgan fingerprint density at radius 3 is 2.42 bits per heavy atom. The van der Waals surface area contributed by atoms with Gasteiger partial charge in [0, 0.05) is 34.5 Å². The first-order valence-electron chi connectivity index (χ1n) is 10.3. The van der Waals surface area contributed by atoms with Crippen molar-refractivity contribution in [3.63, 3.8) is 0 Å². The molecule has 6 nitrogen and oxygen atoms in total. The van der Waals surface area contributed by atoms with Crippen LogP contribution in [-0.2, 0) is 0 Å². The van der Waals surface area contributed by atoms with E-state index in [9.17, 15) is 5.26 Å². The van der Waals surface area contributed by atoms with Gasteiger partial charge < -0.3 is 14.4 Å². The Morgan fingerprint density at radius 2 is 1.73 bits per heavy atom. The van der Waals surface area contributed by atoms with Crippen LogP contribution in [0.2, 0.25) is 5.02 Å². The minimum Gasteiger partial charge on any atom is -0.497 e. The van der Waals surface area contributed by atoms with E-state index in [1.807, 2.05) is 74.3 Å². The second kappa shape index (κ2) is 8.97. The highest BCUT2D eigenvalue weighted by Crippen LogP contribution is 2.39. The molecular weight excluding hydrogens is 436 g/mol. The molecule has 0 fully saturated rings. The van der Waals surface area contributed by atoms with Crippen LogP contribution in [-0.4, -0.2) is 31.5 Å². The average Bonchev–Trinajstić information content (AvgIpc) is 2.84. The number of nitriles is 1. The molecule has 0 bridgehead atoms. The third-order valence-corrected chi connectivity index (χ3v) is 6.15. The van der Waals surface area contributed by atoms with E-state index in [0.717, 1.165) is 38.8 Å². The van der Waals surface area contributed by atoms with Crippen LogP contribution >= 0.6 is 11.6 Å². The zero-order valence-corrected chi connectivity index (χ0v) is 19.9. The molecule has 0 aliphatic heterocycles. The standard InChI is InChI=1S/C26H23ClN4O2/c1-15-10-18(14-28)22(13-23(15)27)17-6-8-20-21(11-17)16(2)29-30-26(20)31(3)24-9-7-19(32-4)12-25(24)33-5/h6-13H,1-5H3. The fraction of sp³-hybridized carbons (Fsp3) is 0.192. The summed E-state index contributed by atoms with van der Waals surface area (Å²) in [5.74, 6) is 2.06. The number of nitrogens with zero attached hydrogens (tertiary/aromatic N) is 4. The van der Waals surface area contributed by atoms with Gasteiger partial charge in [-0.3, -0.25) is 0 Å². The molecule has 0 spiro atoms. The maximum atomic E-state index is 9.65. The summed E-state index contributed by atoms with van der Waals surface area (Å²) in [5, 5.41) is 21.0. The van der Waals surface area contributed by atoms with Gasteiger partial charge in [-0.2, -0.15) is 10.4 Å². The number of methoxy groups -OCH3 is 2. The lowest BCUT2D eigenvalue weighted by atomic mass is 9.96. The summed E-state index contributed by atoms with van der Waals surface area (Å²) in [4.78, 5) is 1.94. The summed E-state index contributed by atoms with van der Waals surface area (Å²) in [7, 11) is 5.16. The molecule has 0 saturated carbocycles. The second-order valence-electron chi connectivity index (χ2n) is 7.72. The number of fused-ring (bicyclic) bond motifs is 1. The van der Waals surface area contributed by atoms with Crippen LogP contribution in [0.15, 0.2) is 48.5 Å².